The summed E-state index contributed by atoms with van der Waals surface area (Å²) in [5.74, 6) is 0.956. The largest absolute Gasteiger partial charge is 0.337 e. The number of carbonyl (C=O) groups is 5. The average molecular weight is 673 g/mol. The second kappa shape index (κ2) is 13.2. The highest BCUT2D eigenvalue weighted by molar-refractivity contribution is 8.22. The van der Waals surface area contributed by atoms with Crippen LogP contribution in [0.2, 0.25) is 0 Å². The van der Waals surface area contributed by atoms with Gasteiger partial charge < -0.3 is 25.3 Å². The lowest BCUT2D eigenvalue weighted by Gasteiger charge is -2.38. The van der Waals surface area contributed by atoms with Crippen LogP contribution in [0.5, 0.6) is 0 Å². The van der Waals surface area contributed by atoms with E-state index in [1.165, 1.54) is 4.90 Å². The summed E-state index contributed by atoms with van der Waals surface area (Å²) in [6.45, 7) is 10.0. The first-order valence-electron chi connectivity index (χ1n) is 16.4. The minimum absolute atomic E-state index is 0.0898. The van der Waals surface area contributed by atoms with Crippen LogP contribution in [0.25, 0.3) is 0 Å². The van der Waals surface area contributed by atoms with Gasteiger partial charge in [0, 0.05) is 62.5 Å². The van der Waals surface area contributed by atoms with E-state index in [9.17, 15) is 24.0 Å². The fraction of sp³-hybridized carbons (Fsp3) is 0.710. The molecular formula is C31H44N8O5S2. The molecular weight excluding hydrogens is 629 g/mol. The number of amides is 6. The fourth-order valence-corrected chi connectivity index (χ4v) is 10.5. The summed E-state index contributed by atoms with van der Waals surface area (Å²) in [5.41, 5.74) is 0. The summed E-state index contributed by atoms with van der Waals surface area (Å²) in [6.07, 6.45) is 5.54. The highest BCUT2D eigenvalue weighted by Crippen LogP contribution is 2.57. The highest BCUT2D eigenvalue weighted by Gasteiger charge is 2.68. The van der Waals surface area contributed by atoms with Gasteiger partial charge in [-0.25, -0.2) is 14.8 Å². The number of anilines is 1. The second-order valence-corrected chi connectivity index (χ2v) is 16.3. The van der Waals surface area contributed by atoms with Gasteiger partial charge in [0.2, 0.25) is 23.7 Å². The molecule has 13 nitrogen and oxygen atoms in total. The molecule has 6 rings (SSSR count). The first-order valence-corrected chi connectivity index (χ1v) is 18.3. The predicted octanol–water partition coefficient (Wildman–Crippen LogP) is 1.40. The summed E-state index contributed by atoms with van der Waals surface area (Å²) in [6, 6.07) is -1.25. The van der Waals surface area contributed by atoms with E-state index in [0.29, 0.717) is 45.1 Å². The van der Waals surface area contributed by atoms with Crippen molar-refractivity contribution in [2.75, 3.05) is 49.1 Å². The molecule has 1 aromatic rings. The molecule has 0 radical (unpaired) electrons. The van der Waals surface area contributed by atoms with Crippen LogP contribution in [0.3, 0.4) is 0 Å². The smallest absolute Gasteiger partial charge is 0.316 e. The Morgan fingerprint density at radius 1 is 0.848 bits per heavy atom. The van der Waals surface area contributed by atoms with Gasteiger partial charge in [-0.15, -0.1) is 23.5 Å². The molecule has 0 aromatic carbocycles. The molecule has 1 saturated carbocycles. The zero-order valence-corrected chi connectivity index (χ0v) is 28.5. The fourth-order valence-electron chi connectivity index (χ4n) is 7.02. The Bertz CT molecular complexity index is 1350. The number of hydrogen-bond acceptors (Lipinski definition) is 10. The van der Waals surface area contributed by atoms with Crippen molar-refractivity contribution in [3.63, 3.8) is 0 Å². The minimum Gasteiger partial charge on any atom is -0.337 e. The van der Waals surface area contributed by atoms with Crippen LogP contribution in [0.15, 0.2) is 18.5 Å². The van der Waals surface area contributed by atoms with Crippen molar-refractivity contribution in [2.45, 2.75) is 75.2 Å². The summed E-state index contributed by atoms with van der Waals surface area (Å²) in [4.78, 5) is 84.0. The number of carbonyl (C=O) groups excluding carboxylic acids is 5. The van der Waals surface area contributed by atoms with Crippen LogP contribution >= 0.6 is 23.5 Å². The Labute approximate surface area is 278 Å². The molecule has 6 amide bonds. The predicted molar refractivity (Wildman–Crippen MR) is 176 cm³/mol. The molecule has 4 saturated heterocycles. The van der Waals surface area contributed by atoms with Gasteiger partial charge in [0.15, 0.2) is 4.08 Å². The number of nitrogens with zero attached hydrogens (tertiary/aromatic N) is 6. The van der Waals surface area contributed by atoms with E-state index in [1.807, 2.05) is 32.6 Å². The van der Waals surface area contributed by atoms with Crippen LogP contribution < -0.4 is 15.5 Å². The second-order valence-electron chi connectivity index (χ2n) is 13.4. The maximum absolute atomic E-state index is 14.2. The summed E-state index contributed by atoms with van der Waals surface area (Å²) < 4.78 is -0.892. The lowest BCUT2D eigenvalue weighted by molar-refractivity contribution is -0.145. The zero-order valence-electron chi connectivity index (χ0n) is 26.9. The first kappa shape index (κ1) is 32.9. The number of fused-ring (bicyclic) bond motifs is 2. The Hall–Kier alpha value is -3.07. The molecule has 4 aliphatic heterocycles. The average Bonchev–Trinajstić information content (AvgIpc) is 3.54. The normalized spacial score (nSPS) is 25.3. The lowest BCUT2D eigenvalue weighted by atomic mass is 10.0. The van der Waals surface area contributed by atoms with Gasteiger partial charge in [-0.2, -0.15) is 0 Å². The van der Waals surface area contributed by atoms with Gasteiger partial charge in [0.25, 0.3) is 5.91 Å². The molecule has 5 fully saturated rings. The van der Waals surface area contributed by atoms with Crippen LogP contribution in [0.1, 0.15) is 47.0 Å². The van der Waals surface area contributed by atoms with Crippen molar-refractivity contribution in [1.82, 2.24) is 35.3 Å². The van der Waals surface area contributed by atoms with Gasteiger partial charge >= 0.3 is 6.03 Å². The van der Waals surface area contributed by atoms with Gasteiger partial charge in [-0.05, 0) is 37.2 Å². The number of likely N-dealkylation sites (tertiary alicyclic amines) is 2. The monoisotopic (exact) mass is 672 g/mol. The standard InChI is InChI=1S/C31H44N8O5S2/c1-18(2)22(26(41)36-12-14-37(15-13-36)29-32-9-5-10-33-29)34-30(44)35-23(19(3)4)27(42)38-11-8-21-24(38)31(45-16-17-46-31)28(43)39(21)25(40)20-6-7-20/h5,9-10,18-24H,6-8,11-17H2,1-4H3,(H2,34,35,44)/t21-,22-,23-,24-/m0/s1. The topological polar surface area (TPSA) is 148 Å². The number of imide groups is 1. The number of urea groups is 1. The molecule has 1 spiro atoms. The van der Waals surface area contributed by atoms with Crippen LogP contribution in [0, 0.1) is 17.8 Å². The molecule has 15 heteroatoms. The molecule has 0 bridgehead atoms. The molecule has 1 aliphatic carbocycles. The van der Waals surface area contributed by atoms with E-state index in [-0.39, 0.29) is 47.4 Å². The maximum Gasteiger partial charge on any atom is 0.316 e. The van der Waals surface area contributed by atoms with Gasteiger partial charge in [-0.1, -0.05) is 27.7 Å². The van der Waals surface area contributed by atoms with Gasteiger partial charge in [0.05, 0.1) is 12.1 Å². The molecule has 0 unspecified atom stereocenters. The van der Waals surface area contributed by atoms with Gasteiger partial charge in [0.1, 0.15) is 12.1 Å². The highest BCUT2D eigenvalue weighted by atomic mass is 32.2. The van der Waals surface area contributed by atoms with E-state index in [1.54, 1.807) is 51.8 Å². The van der Waals surface area contributed by atoms with Crippen molar-refractivity contribution in [1.29, 1.82) is 0 Å². The third-order valence-corrected chi connectivity index (χ3v) is 13.1. The third kappa shape index (κ3) is 6.04. The van der Waals surface area contributed by atoms with E-state index in [0.717, 1.165) is 24.3 Å². The van der Waals surface area contributed by atoms with Crippen molar-refractivity contribution in [3.05, 3.63) is 18.5 Å². The number of piperazine rings is 1. The van der Waals surface area contributed by atoms with E-state index in [2.05, 4.69) is 20.6 Å². The van der Waals surface area contributed by atoms with Crippen molar-refractivity contribution >= 4 is 59.1 Å². The summed E-state index contributed by atoms with van der Waals surface area (Å²) >= 11 is 3.09. The molecule has 2 N–H and O–H groups in total. The number of hydrogen-bond donors (Lipinski definition) is 2. The van der Waals surface area contributed by atoms with Crippen molar-refractivity contribution in [2.24, 2.45) is 17.8 Å². The molecule has 250 valence electrons. The van der Waals surface area contributed by atoms with Crippen LogP contribution in [-0.2, 0) is 19.2 Å². The molecule has 4 atom stereocenters. The van der Waals surface area contributed by atoms with E-state index >= 15 is 0 Å². The summed E-state index contributed by atoms with van der Waals surface area (Å²) in [5, 5.41) is 5.75. The number of aromatic nitrogens is 2. The van der Waals surface area contributed by atoms with Crippen molar-refractivity contribution in [3.8, 4) is 0 Å². The molecule has 5 heterocycles. The summed E-state index contributed by atoms with van der Waals surface area (Å²) in [7, 11) is 0. The van der Waals surface area contributed by atoms with Crippen LogP contribution in [0.4, 0.5) is 10.7 Å². The quantitative estimate of drug-likeness (QED) is 0.389. The Balaban J connectivity index is 1.12. The van der Waals surface area contributed by atoms with E-state index < -0.39 is 28.2 Å². The van der Waals surface area contributed by atoms with E-state index in [4.69, 9.17) is 0 Å². The lowest BCUT2D eigenvalue weighted by Crippen LogP contribution is -2.61. The Morgan fingerprint density at radius 3 is 2.00 bits per heavy atom. The van der Waals surface area contributed by atoms with Gasteiger partial charge in [-0.3, -0.25) is 24.1 Å². The zero-order chi connectivity index (χ0) is 32.7. The molecule has 1 aromatic heterocycles. The third-order valence-electron chi connectivity index (χ3n) is 9.63. The minimum atomic E-state index is -0.892. The van der Waals surface area contributed by atoms with Crippen LogP contribution in [-0.4, -0.2) is 127 Å². The number of thioether (sulfide) groups is 2. The maximum atomic E-state index is 14.2. The number of rotatable bonds is 8. The number of nitrogens with one attached hydrogen (secondary N) is 2. The molecule has 46 heavy (non-hydrogen) atoms. The Morgan fingerprint density at radius 2 is 1.43 bits per heavy atom. The SMILES string of the molecule is CC(C)[C@H](NC(=O)N[C@H](C(=O)N1CC[C@H]2[C@H]1C1(SCCS1)C(=O)N2C(=O)C1CC1)C(C)C)C(=O)N1CCN(c2ncccn2)CC1. The molecule has 5 aliphatic rings. The Kier molecular flexibility index (Phi) is 9.43. The first-order chi connectivity index (χ1) is 22.0. The van der Waals surface area contributed by atoms with Crippen molar-refractivity contribution < 1.29 is 24.0 Å².